The quantitative estimate of drug-likeness (QED) is 0.761. The topological polar surface area (TPSA) is 62.4 Å². The zero-order valence-corrected chi connectivity index (χ0v) is 13.8. The molecule has 0 radical (unpaired) electrons. The second-order valence-corrected chi connectivity index (χ2v) is 5.81. The number of carbonyl (C=O) groups is 1. The Kier molecular flexibility index (Phi) is 5.33. The van der Waals surface area contributed by atoms with E-state index in [1.807, 2.05) is 30.3 Å². The molecule has 5 nitrogen and oxygen atoms in total. The van der Waals surface area contributed by atoms with Gasteiger partial charge in [0, 0.05) is 12.6 Å². The molecule has 1 aliphatic rings. The van der Waals surface area contributed by atoms with Gasteiger partial charge in [-0.15, -0.1) is 0 Å². The van der Waals surface area contributed by atoms with Gasteiger partial charge in [-0.25, -0.2) is 0 Å². The molecule has 3 rings (SSSR count). The van der Waals surface area contributed by atoms with Crippen molar-refractivity contribution in [1.82, 2.24) is 10.6 Å². The minimum absolute atomic E-state index is 0.0363. The molecule has 1 aliphatic heterocycles. The molecule has 2 aromatic carbocycles. The van der Waals surface area contributed by atoms with Crippen LogP contribution in [0.2, 0.25) is 0 Å². The number of ether oxygens (including phenoxy) is 1. The Morgan fingerprint density at radius 2 is 2.00 bits per heavy atom. The third kappa shape index (κ3) is 3.86. The predicted molar refractivity (Wildman–Crippen MR) is 95.4 cm³/mol. The summed E-state index contributed by atoms with van der Waals surface area (Å²) in [7, 11) is 1.62. The maximum atomic E-state index is 12.1. The van der Waals surface area contributed by atoms with Gasteiger partial charge in [0.2, 0.25) is 5.91 Å². The number of carbonyl (C=O) groups excluding carboxylic acids is 1. The minimum Gasteiger partial charge on any atom is -0.495 e. The Labute approximate surface area is 142 Å². The first-order valence-electron chi connectivity index (χ1n) is 8.22. The summed E-state index contributed by atoms with van der Waals surface area (Å²) in [4.78, 5) is 12.1. The number of hydrogen-bond acceptors (Lipinski definition) is 4. The second kappa shape index (κ2) is 7.84. The molecular formula is C19H23N3O2. The summed E-state index contributed by atoms with van der Waals surface area (Å²) in [5, 5.41) is 9.58. The van der Waals surface area contributed by atoms with Crippen LogP contribution in [-0.4, -0.2) is 32.7 Å². The molecular weight excluding hydrogens is 302 g/mol. The first-order valence-corrected chi connectivity index (χ1v) is 8.22. The van der Waals surface area contributed by atoms with Crippen molar-refractivity contribution in [2.45, 2.75) is 12.5 Å². The van der Waals surface area contributed by atoms with Gasteiger partial charge in [0.25, 0.3) is 0 Å². The molecule has 126 valence electrons. The van der Waals surface area contributed by atoms with E-state index in [9.17, 15) is 4.79 Å². The summed E-state index contributed by atoms with van der Waals surface area (Å²) in [6, 6.07) is 16.1. The van der Waals surface area contributed by atoms with Crippen LogP contribution in [-0.2, 0) is 11.2 Å². The molecule has 0 bridgehead atoms. The standard InChI is InChI=1S/C19H23N3O2/c1-24-18-9-5-4-8-16(18)21-13-19(23)22-12-17-15-7-3-2-6-14(15)10-11-20-17/h2-9,17,20-21H,10-13H2,1H3,(H,22,23). The first kappa shape index (κ1) is 16.3. The molecule has 0 aliphatic carbocycles. The molecule has 0 fully saturated rings. The van der Waals surface area contributed by atoms with Gasteiger partial charge in [-0.2, -0.15) is 0 Å². The molecule has 1 amide bonds. The molecule has 2 aromatic rings. The summed E-state index contributed by atoms with van der Waals surface area (Å²) in [5.41, 5.74) is 3.46. The lowest BCUT2D eigenvalue weighted by Crippen LogP contribution is -2.40. The molecule has 0 saturated carbocycles. The van der Waals surface area contributed by atoms with Crippen molar-refractivity contribution in [2.75, 3.05) is 32.1 Å². The molecule has 1 atom stereocenters. The fourth-order valence-electron chi connectivity index (χ4n) is 3.02. The van der Waals surface area contributed by atoms with Gasteiger partial charge in [0.05, 0.1) is 19.3 Å². The summed E-state index contributed by atoms with van der Waals surface area (Å²) in [6.45, 7) is 1.75. The first-order chi connectivity index (χ1) is 11.8. The van der Waals surface area contributed by atoms with E-state index >= 15 is 0 Å². The van der Waals surface area contributed by atoms with E-state index in [1.165, 1.54) is 11.1 Å². The number of rotatable bonds is 6. The lowest BCUT2D eigenvalue weighted by Gasteiger charge is -2.27. The van der Waals surface area contributed by atoms with E-state index in [2.05, 4.69) is 34.1 Å². The number of hydrogen-bond donors (Lipinski definition) is 3. The monoisotopic (exact) mass is 325 g/mol. The number of methoxy groups -OCH3 is 1. The van der Waals surface area contributed by atoms with Crippen LogP contribution in [0.5, 0.6) is 5.75 Å². The van der Waals surface area contributed by atoms with Crippen molar-refractivity contribution in [3.63, 3.8) is 0 Å². The summed E-state index contributed by atoms with van der Waals surface area (Å²) < 4.78 is 5.27. The van der Waals surface area contributed by atoms with E-state index < -0.39 is 0 Å². The van der Waals surface area contributed by atoms with Crippen molar-refractivity contribution in [3.05, 3.63) is 59.7 Å². The molecule has 24 heavy (non-hydrogen) atoms. The number of benzene rings is 2. The molecule has 0 saturated heterocycles. The zero-order valence-electron chi connectivity index (χ0n) is 13.8. The van der Waals surface area contributed by atoms with Crippen molar-refractivity contribution in [1.29, 1.82) is 0 Å². The summed E-state index contributed by atoms with van der Waals surface area (Å²) in [6.07, 6.45) is 1.04. The lowest BCUT2D eigenvalue weighted by atomic mass is 9.94. The molecule has 5 heteroatoms. The zero-order chi connectivity index (χ0) is 16.8. The maximum absolute atomic E-state index is 12.1. The maximum Gasteiger partial charge on any atom is 0.239 e. The van der Waals surface area contributed by atoms with Gasteiger partial charge >= 0.3 is 0 Å². The van der Waals surface area contributed by atoms with E-state index in [1.54, 1.807) is 7.11 Å². The number of nitrogens with one attached hydrogen (secondary N) is 3. The van der Waals surface area contributed by atoms with Crippen molar-refractivity contribution in [3.8, 4) is 5.75 Å². The van der Waals surface area contributed by atoms with Crippen LogP contribution in [0.4, 0.5) is 5.69 Å². The van der Waals surface area contributed by atoms with Gasteiger partial charge in [-0.3, -0.25) is 4.79 Å². The normalized spacial score (nSPS) is 16.1. The Morgan fingerprint density at radius 3 is 2.88 bits per heavy atom. The number of amides is 1. The largest absolute Gasteiger partial charge is 0.495 e. The van der Waals surface area contributed by atoms with Crippen LogP contribution in [0.1, 0.15) is 17.2 Å². The highest BCUT2D eigenvalue weighted by molar-refractivity contribution is 5.81. The van der Waals surface area contributed by atoms with E-state index in [4.69, 9.17) is 4.74 Å². The summed E-state index contributed by atoms with van der Waals surface area (Å²) in [5.74, 6) is 0.693. The minimum atomic E-state index is -0.0363. The Morgan fingerprint density at radius 1 is 1.21 bits per heavy atom. The second-order valence-electron chi connectivity index (χ2n) is 5.81. The number of anilines is 1. The van der Waals surface area contributed by atoms with Crippen LogP contribution >= 0.6 is 0 Å². The van der Waals surface area contributed by atoms with Crippen molar-refractivity contribution >= 4 is 11.6 Å². The Hall–Kier alpha value is -2.53. The third-order valence-corrected chi connectivity index (χ3v) is 4.27. The van der Waals surface area contributed by atoms with Gasteiger partial charge in [0.15, 0.2) is 0 Å². The lowest BCUT2D eigenvalue weighted by molar-refractivity contribution is -0.119. The molecule has 0 spiro atoms. The van der Waals surface area contributed by atoms with E-state index in [-0.39, 0.29) is 18.5 Å². The third-order valence-electron chi connectivity index (χ3n) is 4.27. The van der Waals surface area contributed by atoms with Crippen molar-refractivity contribution < 1.29 is 9.53 Å². The van der Waals surface area contributed by atoms with Crippen LogP contribution in [0.3, 0.4) is 0 Å². The smallest absolute Gasteiger partial charge is 0.239 e. The van der Waals surface area contributed by atoms with Crippen LogP contribution < -0.4 is 20.7 Å². The average Bonchev–Trinajstić information content (AvgIpc) is 2.64. The fourth-order valence-corrected chi connectivity index (χ4v) is 3.02. The van der Waals surface area contributed by atoms with E-state index in [0.717, 1.165) is 24.4 Å². The van der Waals surface area contributed by atoms with Gasteiger partial charge in [-0.05, 0) is 36.2 Å². The Bertz CT molecular complexity index is 703. The number of para-hydroxylation sites is 2. The highest BCUT2D eigenvalue weighted by Crippen LogP contribution is 2.23. The molecule has 1 unspecified atom stereocenters. The highest BCUT2D eigenvalue weighted by atomic mass is 16.5. The van der Waals surface area contributed by atoms with Gasteiger partial charge < -0.3 is 20.7 Å². The molecule has 1 heterocycles. The van der Waals surface area contributed by atoms with Crippen LogP contribution in [0.15, 0.2) is 48.5 Å². The van der Waals surface area contributed by atoms with Gasteiger partial charge in [-0.1, -0.05) is 36.4 Å². The average molecular weight is 325 g/mol. The van der Waals surface area contributed by atoms with Crippen LogP contribution in [0, 0.1) is 0 Å². The Balaban J connectivity index is 1.52. The van der Waals surface area contributed by atoms with Gasteiger partial charge in [0.1, 0.15) is 5.75 Å². The predicted octanol–water partition coefficient (Wildman–Crippen LogP) is 2.11. The fraction of sp³-hybridized carbons (Fsp3) is 0.316. The molecule has 0 aromatic heterocycles. The van der Waals surface area contributed by atoms with Crippen LogP contribution in [0.25, 0.3) is 0 Å². The van der Waals surface area contributed by atoms with Crippen molar-refractivity contribution in [2.24, 2.45) is 0 Å². The molecule has 3 N–H and O–H groups in total. The van der Waals surface area contributed by atoms with E-state index in [0.29, 0.717) is 6.54 Å². The SMILES string of the molecule is COc1ccccc1NCC(=O)NCC1NCCc2ccccc21. The highest BCUT2D eigenvalue weighted by Gasteiger charge is 2.19. The number of fused-ring (bicyclic) bond motifs is 1. The summed E-state index contributed by atoms with van der Waals surface area (Å²) >= 11 is 0.